The van der Waals surface area contributed by atoms with Crippen molar-refractivity contribution >= 4 is 50.7 Å². The number of aryl methyl sites for hydroxylation is 1. The summed E-state index contributed by atoms with van der Waals surface area (Å²) in [5.41, 5.74) is 2.74. The molecule has 10 heteroatoms. The van der Waals surface area contributed by atoms with Gasteiger partial charge in [-0.3, -0.25) is 13.9 Å². The third kappa shape index (κ3) is 8.22. The second-order valence-electron chi connectivity index (χ2n) is 9.81. The van der Waals surface area contributed by atoms with Crippen molar-refractivity contribution in [2.24, 2.45) is 0 Å². The molecule has 2 atom stereocenters. The molecule has 3 rings (SSSR count). The monoisotopic (exact) mass is 603 g/mol. The second-order valence-corrected chi connectivity index (χ2v) is 12.5. The smallest absolute Gasteiger partial charge is 0.244 e. The van der Waals surface area contributed by atoms with E-state index in [1.165, 1.54) is 17.0 Å². The molecule has 40 heavy (non-hydrogen) atoms. The molecule has 0 aliphatic heterocycles. The van der Waals surface area contributed by atoms with Crippen molar-refractivity contribution in [2.75, 3.05) is 17.1 Å². The van der Waals surface area contributed by atoms with E-state index in [-0.39, 0.29) is 40.6 Å². The van der Waals surface area contributed by atoms with Crippen LogP contribution >= 0.6 is 23.2 Å². The molecule has 0 aromatic heterocycles. The minimum absolute atomic E-state index is 0.0168. The molecular weight excluding hydrogens is 569 g/mol. The molecule has 0 aliphatic rings. The molecule has 0 heterocycles. The largest absolute Gasteiger partial charge is 0.352 e. The number of benzene rings is 3. The first-order valence-electron chi connectivity index (χ1n) is 13.0. The number of carbonyl (C=O) groups excluding carboxylic acids is 2. The fourth-order valence-corrected chi connectivity index (χ4v) is 5.55. The zero-order chi connectivity index (χ0) is 29.4. The van der Waals surface area contributed by atoms with Crippen LogP contribution in [-0.2, 0) is 32.6 Å². The summed E-state index contributed by atoms with van der Waals surface area (Å²) >= 11 is 12.5. The van der Waals surface area contributed by atoms with E-state index in [9.17, 15) is 18.0 Å². The van der Waals surface area contributed by atoms with E-state index in [2.05, 4.69) is 5.32 Å². The van der Waals surface area contributed by atoms with Gasteiger partial charge >= 0.3 is 0 Å². The van der Waals surface area contributed by atoms with Gasteiger partial charge in [-0.15, -0.1) is 0 Å². The Morgan fingerprint density at radius 2 is 1.60 bits per heavy atom. The third-order valence-corrected chi connectivity index (χ3v) is 8.69. The summed E-state index contributed by atoms with van der Waals surface area (Å²) in [5, 5.41) is 3.19. The summed E-state index contributed by atoms with van der Waals surface area (Å²) in [6.07, 6.45) is 1.96. The molecule has 0 saturated carbocycles. The summed E-state index contributed by atoms with van der Waals surface area (Å²) in [6.45, 7) is 5.34. The maximum atomic E-state index is 14.1. The number of rotatable bonds is 12. The van der Waals surface area contributed by atoms with Crippen molar-refractivity contribution < 1.29 is 18.0 Å². The van der Waals surface area contributed by atoms with Gasteiger partial charge in [-0.25, -0.2) is 8.42 Å². The summed E-state index contributed by atoms with van der Waals surface area (Å²) in [4.78, 5) is 29.3. The Morgan fingerprint density at radius 1 is 0.950 bits per heavy atom. The molecule has 1 N–H and O–H groups in total. The Balaban J connectivity index is 2.10. The minimum atomic E-state index is -3.95. The van der Waals surface area contributed by atoms with E-state index in [1.807, 2.05) is 75.4 Å². The van der Waals surface area contributed by atoms with E-state index < -0.39 is 28.5 Å². The number of hydrogen-bond donors (Lipinski definition) is 1. The van der Waals surface area contributed by atoms with Crippen LogP contribution in [0.2, 0.25) is 10.0 Å². The average molecular weight is 605 g/mol. The number of carbonyl (C=O) groups is 2. The van der Waals surface area contributed by atoms with Crippen LogP contribution in [0.1, 0.15) is 37.0 Å². The van der Waals surface area contributed by atoms with E-state index in [0.29, 0.717) is 6.42 Å². The molecule has 0 unspecified atom stereocenters. The Morgan fingerprint density at radius 3 is 2.23 bits per heavy atom. The molecule has 214 valence electrons. The first kappa shape index (κ1) is 31.5. The standard InChI is InChI=1S/C30H35Cl2N3O4S/c1-5-22(3)33-30(37)27(18-23-13-7-6-8-14-23)34(19-24-15-10-9-12-21(24)2)28(36)20-35(40(4,38)39)26-17-11-16-25(31)29(26)32/h6-17,22,27H,5,18-20H2,1-4H3,(H,33,37)/t22-,27+/m0/s1. The Kier molecular flexibility index (Phi) is 11.0. The van der Waals surface area contributed by atoms with Gasteiger partial charge in [0.15, 0.2) is 0 Å². The lowest BCUT2D eigenvalue weighted by molar-refractivity contribution is -0.140. The first-order chi connectivity index (χ1) is 18.9. The average Bonchev–Trinajstić information content (AvgIpc) is 2.91. The minimum Gasteiger partial charge on any atom is -0.352 e. The van der Waals surface area contributed by atoms with Crippen molar-refractivity contribution in [1.82, 2.24) is 10.2 Å². The number of halogens is 2. The van der Waals surface area contributed by atoms with Crippen LogP contribution in [0.4, 0.5) is 5.69 Å². The number of sulfonamides is 1. The molecule has 3 aromatic rings. The number of nitrogens with zero attached hydrogens (tertiary/aromatic N) is 2. The lowest BCUT2D eigenvalue weighted by atomic mass is 10.0. The van der Waals surface area contributed by atoms with Crippen LogP contribution in [0.25, 0.3) is 0 Å². The summed E-state index contributed by atoms with van der Waals surface area (Å²) < 4.78 is 26.8. The Bertz CT molecular complexity index is 1430. The molecule has 2 amide bonds. The topological polar surface area (TPSA) is 86.8 Å². The van der Waals surface area contributed by atoms with Gasteiger partial charge in [0.1, 0.15) is 12.6 Å². The van der Waals surface area contributed by atoms with Gasteiger partial charge in [-0.2, -0.15) is 0 Å². The highest BCUT2D eigenvalue weighted by molar-refractivity contribution is 7.92. The number of anilines is 1. The maximum absolute atomic E-state index is 14.1. The van der Waals surface area contributed by atoms with Gasteiger partial charge in [-0.05, 0) is 49.1 Å². The Labute approximate surface area is 247 Å². The van der Waals surface area contributed by atoms with Gasteiger partial charge in [0, 0.05) is 19.0 Å². The van der Waals surface area contributed by atoms with Crippen LogP contribution in [-0.4, -0.2) is 50.0 Å². The van der Waals surface area contributed by atoms with Crippen LogP contribution < -0.4 is 9.62 Å². The quantitative estimate of drug-likeness (QED) is 0.291. The van der Waals surface area contributed by atoms with Crippen molar-refractivity contribution in [3.05, 3.63) is 99.5 Å². The van der Waals surface area contributed by atoms with Gasteiger partial charge in [0.25, 0.3) is 0 Å². The van der Waals surface area contributed by atoms with E-state index in [0.717, 1.165) is 27.3 Å². The lowest BCUT2D eigenvalue weighted by Gasteiger charge is -2.34. The van der Waals surface area contributed by atoms with Crippen LogP contribution in [0.3, 0.4) is 0 Å². The molecule has 0 aliphatic carbocycles. The first-order valence-corrected chi connectivity index (χ1v) is 15.6. The van der Waals surface area contributed by atoms with Crippen molar-refractivity contribution in [3.63, 3.8) is 0 Å². The number of hydrogen-bond acceptors (Lipinski definition) is 4. The summed E-state index contributed by atoms with van der Waals surface area (Å²) in [5.74, 6) is -0.864. The summed E-state index contributed by atoms with van der Waals surface area (Å²) in [6, 6.07) is 20.6. The van der Waals surface area contributed by atoms with E-state index >= 15 is 0 Å². The van der Waals surface area contributed by atoms with Crippen molar-refractivity contribution in [1.29, 1.82) is 0 Å². The van der Waals surface area contributed by atoms with Gasteiger partial charge in [0.2, 0.25) is 21.8 Å². The van der Waals surface area contributed by atoms with Crippen LogP contribution in [0.5, 0.6) is 0 Å². The fourth-order valence-electron chi connectivity index (χ4n) is 4.25. The molecule has 3 aromatic carbocycles. The molecule has 0 fully saturated rings. The summed E-state index contributed by atoms with van der Waals surface area (Å²) in [7, 11) is -3.95. The molecule has 7 nitrogen and oxygen atoms in total. The van der Waals surface area contributed by atoms with Crippen LogP contribution in [0.15, 0.2) is 72.8 Å². The highest BCUT2D eigenvalue weighted by Gasteiger charge is 2.34. The number of amides is 2. The SMILES string of the molecule is CC[C@H](C)NC(=O)[C@@H](Cc1ccccc1)N(Cc1ccccc1C)C(=O)CN(c1cccc(Cl)c1Cl)S(C)(=O)=O. The molecule has 0 saturated heterocycles. The molecule has 0 spiro atoms. The van der Waals surface area contributed by atoms with E-state index in [1.54, 1.807) is 6.07 Å². The molecular formula is C30H35Cl2N3O4S. The predicted molar refractivity (Wildman–Crippen MR) is 162 cm³/mol. The molecule has 0 bridgehead atoms. The normalized spacial score (nSPS) is 12.8. The fraction of sp³-hybridized carbons (Fsp3) is 0.333. The van der Waals surface area contributed by atoms with Gasteiger partial charge in [-0.1, -0.05) is 90.8 Å². The highest BCUT2D eigenvalue weighted by atomic mass is 35.5. The zero-order valence-electron chi connectivity index (χ0n) is 23.1. The lowest BCUT2D eigenvalue weighted by Crippen LogP contribution is -2.54. The van der Waals surface area contributed by atoms with E-state index in [4.69, 9.17) is 23.2 Å². The highest BCUT2D eigenvalue weighted by Crippen LogP contribution is 2.34. The van der Waals surface area contributed by atoms with Crippen molar-refractivity contribution in [2.45, 2.75) is 52.2 Å². The van der Waals surface area contributed by atoms with Crippen molar-refractivity contribution in [3.8, 4) is 0 Å². The second kappa shape index (κ2) is 14.0. The maximum Gasteiger partial charge on any atom is 0.244 e. The van der Waals surface area contributed by atoms with Gasteiger partial charge in [0.05, 0.1) is 22.0 Å². The third-order valence-electron chi connectivity index (χ3n) is 6.75. The van der Waals surface area contributed by atoms with Gasteiger partial charge < -0.3 is 10.2 Å². The number of nitrogens with one attached hydrogen (secondary N) is 1. The Hall–Kier alpha value is -3.07. The molecule has 0 radical (unpaired) electrons. The zero-order valence-corrected chi connectivity index (χ0v) is 25.4. The van der Waals surface area contributed by atoms with Crippen LogP contribution in [0, 0.1) is 6.92 Å². The predicted octanol–water partition coefficient (Wildman–Crippen LogP) is 5.62.